The van der Waals surface area contributed by atoms with Crippen LogP contribution in [0, 0.1) is 0 Å². The van der Waals surface area contributed by atoms with Gasteiger partial charge in [-0.2, -0.15) is 0 Å². The third-order valence-corrected chi connectivity index (χ3v) is 2.25. The number of rotatable bonds is 8. The molecule has 2 N–H and O–H groups in total. The second-order valence-corrected chi connectivity index (χ2v) is 3.49. The van der Waals surface area contributed by atoms with Gasteiger partial charge < -0.3 is 14.9 Å². The van der Waals surface area contributed by atoms with Crippen LogP contribution in [0.15, 0.2) is 22.8 Å². The van der Waals surface area contributed by atoms with Gasteiger partial charge in [0, 0.05) is 13.7 Å². The average Bonchev–Trinajstić information content (AvgIpc) is 2.74. The van der Waals surface area contributed by atoms with E-state index in [9.17, 15) is 0 Å². The van der Waals surface area contributed by atoms with Crippen LogP contribution in [0.4, 0.5) is 0 Å². The van der Waals surface area contributed by atoms with Gasteiger partial charge in [0.05, 0.1) is 19.4 Å². The summed E-state index contributed by atoms with van der Waals surface area (Å²) in [6, 6.07) is 3.90. The van der Waals surface area contributed by atoms with E-state index < -0.39 is 0 Å². The minimum Gasteiger partial charge on any atom is -0.468 e. The van der Waals surface area contributed by atoms with Crippen molar-refractivity contribution in [3.63, 3.8) is 0 Å². The minimum atomic E-state index is 0.724. The van der Waals surface area contributed by atoms with Gasteiger partial charge in [0.2, 0.25) is 0 Å². The summed E-state index contributed by atoms with van der Waals surface area (Å²) in [7, 11) is 1.72. The average molecular weight is 212 g/mol. The molecule has 0 aliphatic carbocycles. The molecule has 0 spiro atoms. The Bertz CT molecular complexity index is 229. The molecule has 4 nitrogen and oxygen atoms in total. The molecule has 15 heavy (non-hydrogen) atoms. The molecule has 0 atom stereocenters. The Morgan fingerprint density at radius 1 is 1.47 bits per heavy atom. The number of nitrogens with zero attached hydrogens (tertiary/aromatic N) is 1. The number of nitrogens with two attached hydrogens (primary N) is 1. The molecule has 0 amide bonds. The molecule has 0 saturated heterocycles. The van der Waals surface area contributed by atoms with E-state index in [2.05, 4.69) is 4.90 Å². The van der Waals surface area contributed by atoms with Crippen molar-refractivity contribution in [3.8, 4) is 0 Å². The van der Waals surface area contributed by atoms with Crippen LogP contribution in [0.2, 0.25) is 0 Å². The third-order valence-electron chi connectivity index (χ3n) is 2.25. The van der Waals surface area contributed by atoms with Gasteiger partial charge in [-0.25, -0.2) is 0 Å². The highest BCUT2D eigenvalue weighted by Crippen LogP contribution is 2.05. The smallest absolute Gasteiger partial charge is 0.117 e. The molecular formula is C11H20N2O2. The summed E-state index contributed by atoms with van der Waals surface area (Å²) in [4.78, 5) is 2.29. The molecule has 0 unspecified atom stereocenters. The van der Waals surface area contributed by atoms with Crippen molar-refractivity contribution in [1.29, 1.82) is 0 Å². The van der Waals surface area contributed by atoms with E-state index in [1.807, 2.05) is 12.1 Å². The summed E-state index contributed by atoms with van der Waals surface area (Å²) in [6.45, 7) is 4.20. The zero-order chi connectivity index (χ0) is 10.9. The van der Waals surface area contributed by atoms with Gasteiger partial charge >= 0.3 is 0 Å². The number of hydrogen-bond donors (Lipinski definition) is 1. The van der Waals surface area contributed by atoms with Crippen molar-refractivity contribution in [2.45, 2.75) is 13.0 Å². The molecule has 0 radical (unpaired) electrons. The number of hydrogen-bond acceptors (Lipinski definition) is 4. The van der Waals surface area contributed by atoms with E-state index in [1.165, 1.54) is 0 Å². The highest BCUT2D eigenvalue weighted by atomic mass is 16.5. The van der Waals surface area contributed by atoms with Gasteiger partial charge in [0.15, 0.2) is 0 Å². The van der Waals surface area contributed by atoms with Gasteiger partial charge in [-0.15, -0.1) is 0 Å². The van der Waals surface area contributed by atoms with Crippen molar-refractivity contribution in [2.24, 2.45) is 5.73 Å². The van der Waals surface area contributed by atoms with E-state index in [0.29, 0.717) is 0 Å². The highest BCUT2D eigenvalue weighted by Gasteiger charge is 2.06. The van der Waals surface area contributed by atoms with E-state index >= 15 is 0 Å². The molecule has 0 saturated carbocycles. The van der Waals surface area contributed by atoms with E-state index in [1.54, 1.807) is 13.4 Å². The van der Waals surface area contributed by atoms with Crippen molar-refractivity contribution < 1.29 is 9.15 Å². The number of ether oxygens (including phenoxy) is 1. The van der Waals surface area contributed by atoms with E-state index in [4.69, 9.17) is 14.9 Å². The molecule has 1 aromatic rings. The predicted octanol–water partition coefficient (Wildman–Crippen LogP) is 1.08. The Morgan fingerprint density at radius 3 is 2.93 bits per heavy atom. The minimum absolute atomic E-state index is 0.724. The lowest BCUT2D eigenvalue weighted by Gasteiger charge is -2.20. The molecule has 0 aromatic carbocycles. The maximum atomic E-state index is 5.50. The van der Waals surface area contributed by atoms with Gasteiger partial charge in [0.1, 0.15) is 5.76 Å². The first kappa shape index (κ1) is 12.2. The summed E-state index contributed by atoms with van der Waals surface area (Å²) in [5.41, 5.74) is 5.50. The van der Waals surface area contributed by atoms with Crippen molar-refractivity contribution in [1.82, 2.24) is 4.90 Å². The fourth-order valence-corrected chi connectivity index (χ4v) is 1.43. The van der Waals surface area contributed by atoms with Gasteiger partial charge in [-0.05, 0) is 31.6 Å². The van der Waals surface area contributed by atoms with Crippen molar-refractivity contribution in [3.05, 3.63) is 24.2 Å². The lowest BCUT2D eigenvalue weighted by molar-refractivity contribution is 0.139. The standard InChI is InChI=1S/C11H20N2O2/c1-14-9-7-13(6-3-5-12)10-11-4-2-8-15-11/h2,4,8H,3,5-7,9-10,12H2,1H3. The van der Waals surface area contributed by atoms with Gasteiger partial charge in [0.25, 0.3) is 0 Å². The normalized spacial score (nSPS) is 11.1. The molecule has 0 aliphatic heterocycles. The summed E-state index contributed by atoms with van der Waals surface area (Å²) in [6.07, 6.45) is 2.71. The number of furan rings is 1. The summed E-state index contributed by atoms with van der Waals surface area (Å²) in [5, 5.41) is 0. The first-order valence-electron chi connectivity index (χ1n) is 5.30. The zero-order valence-corrected chi connectivity index (χ0v) is 9.32. The number of methoxy groups -OCH3 is 1. The fraction of sp³-hybridized carbons (Fsp3) is 0.636. The molecule has 1 rings (SSSR count). The second-order valence-electron chi connectivity index (χ2n) is 3.49. The summed E-state index contributed by atoms with van der Waals surface area (Å²) < 4.78 is 10.4. The Kier molecular flexibility index (Phi) is 6.08. The quantitative estimate of drug-likeness (QED) is 0.700. The maximum Gasteiger partial charge on any atom is 0.117 e. The molecule has 1 aromatic heterocycles. The van der Waals surface area contributed by atoms with E-state index in [0.717, 1.165) is 45.0 Å². The van der Waals surface area contributed by atoms with Crippen molar-refractivity contribution in [2.75, 3.05) is 33.4 Å². The zero-order valence-electron chi connectivity index (χ0n) is 9.32. The molecule has 0 fully saturated rings. The summed E-state index contributed by atoms with van der Waals surface area (Å²) in [5.74, 6) is 0.989. The van der Waals surface area contributed by atoms with Crippen LogP contribution in [0.5, 0.6) is 0 Å². The largest absolute Gasteiger partial charge is 0.468 e. The summed E-state index contributed by atoms with van der Waals surface area (Å²) >= 11 is 0. The third kappa shape index (κ3) is 4.97. The molecule has 1 heterocycles. The molecular weight excluding hydrogens is 192 g/mol. The molecule has 0 bridgehead atoms. The Labute approximate surface area is 91.0 Å². The van der Waals surface area contributed by atoms with Crippen LogP contribution in [0.1, 0.15) is 12.2 Å². The van der Waals surface area contributed by atoms with Crippen LogP contribution in [-0.4, -0.2) is 38.3 Å². The van der Waals surface area contributed by atoms with Crippen LogP contribution in [0.3, 0.4) is 0 Å². The van der Waals surface area contributed by atoms with E-state index in [-0.39, 0.29) is 0 Å². The Hall–Kier alpha value is -0.840. The van der Waals surface area contributed by atoms with Crippen LogP contribution in [0.25, 0.3) is 0 Å². The monoisotopic (exact) mass is 212 g/mol. The van der Waals surface area contributed by atoms with Gasteiger partial charge in [-0.1, -0.05) is 0 Å². The highest BCUT2D eigenvalue weighted by molar-refractivity contribution is 4.97. The second kappa shape index (κ2) is 7.45. The first-order valence-corrected chi connectivity index (χ1v) is 5.30. The lowest BCUT2D eigenvalue weighted by atomic mass is 10.3. The predicted molar refractivity (Wildman–Crippen MR) is 59.5 cm³/mol. The van der Waals surface area contributed by atoms with Crippen LogP contribution < -0.4 is 5.73 Å². The van der Waals surface area contributed by atoms with Gasteiger partial charge in [-0.3, -0.25) is 4.90 Å². The first-order chi connectivity index (χ1) is 7.36. The van der Waals surface area contributed by atoms with Crippen LogP contribution >= 0.6 is 0 Å². The topological polar surface area (TPSA) is 51.6 Å². The Balaban J connectivity index is 2.33. The molecule has 4 heteroatoms. The lowest BCUT2D eigenvalue weighted by Crippen LogP contribution is -2.29. The SMILES string of the molecule is COCCN(CCCN)Cc1ccco1. The fourth-order valence-electron chi connectivity index (χ4n) is 1.43. The maximum absolute atomic E-state index is 5.50. The Morgan fingerprint density at radius 2 is 2.33 bits per heavy atom. The molecule has 86 valence electrons. The van der Waals surface area contributed by atoms with Crippen molar-refractivity contribution >= 4 is 0 Å². The van der Waals surface area contributed by atoms with Crippen LogP contribution in [-0.2, 0) is 11.3 Å². The molecule has 0 aliphatic rings.